The first kappa shape index (κ1) is 16.5. The van der Waals surface area contributed by atoms with Crippen molar-refractivity contribution in [2.45, 2.75) is 30.7 Å². The van der Waals surface area contributed by atoms with Crippen molar-refractivity contribution >= 4 is 10.0 Å². The second-order valence-corrected chi connectivity index (χ2v) is 6.18. The molecule has 0 aliphatic rings. The van der Waals surface area contributed by atoms with Gasteiger partial charge in [-0.05, 0) is 37.6 Å². The Bertz CT molecular complexity index is 575. The van der Waals surface area contributed by atoms with Gasteiger partial charge in [0, 0.05) is 6.54 Å². The highest BCUT2D eigenvalue weighted by Crippen LogP contribution is 2.14. The Balaban J connectivity index is 2.46. The van der Waals surface area contributed by atoms with Gasteiger partial charge >= 0.3 is 0 Å². The highest BCUT2D eigenvalue weighted by atomic mass is 32.2. The van der Waals surface area contributed by atoms with E-state index in [1.807, 2.05) is 13.8 Å². The van der Waals surface area contributed by atoms with Crippen LogP contribution in [-0.2, 0) is 10.0 Å². The van der Waals surface area contributed by atoms with Gasteiger partial charge < -0.3 is 4.74 Å². The molecule has 5 nitrogen and oxygen atoms in total. The average molecular weight is 296 g/mol. The molecule has 110 valence electrons. The fourth-order valence-electron chi connectivity index (χ4n) is 1.50. The van der Waals surface area contributed by atoms with E-state index in [-0.39, 0.29) is 10.4 Å². The van der Waals surface area contributed by atoms with Crippen molar-refractivity contribution in [2.75, 3.05) is 13.2 Å². The van der Waals surface area contributed by atoms with E-state index in [0.29, 0.717) is 18.9 Å². The number of nitrogens with two attached hydrogens (primary N) is 1. The Hall–Kier alpha value is -1.55. The smallest absolute Gasteiger partial charge is 0.238 e. The van der Waals surface area contributed by atoms with Crippen molar-refractivity contribution in [3.8, 4) is 18.1 Å². The largest absolute Gasteiger partial charge is 0.492 e. The third-order valence-corrected chi connectivity index (χ3v) is 3.99. The summed E-state index contributed by atoms with van der Waals surface area (Å²) >= 11 is 0. The van der Waals surface area contributed by atoms with Crippen LogP contribution in [0.3, 0.4) is 0 Å². The summed E-state index contributed by atoms with van der Waals surface area (Å²) in [5, 5.41) is 8.23. The molecule has 20 heavy (non-hydrogen) atoms. The zero-order valence-corrected chi connectivity index (χ0v) is 12.5. The van der Waals surface area contributed by atoms with Crippen molar-refractivity contribution < 1.29 is 13.2 Å². The molecule has 0 bridgehead atoms. The number of terminal acetylenes is 1. The van der Waals surface area contributed by atoms with Gasteiger partial charge in [0.1, 0.15) is 12.4 Å². The van der Waals surface area contributed by atoms with Crippen LogP contribution in [0.5, 0.6) is 5.75 Å². The van der Waals surface area contributed by atoms with Crippen LogP contribution in [0, 0.1) is 12.3 Å². The van der Waals surface area contributed by atoms with E-state index in [1.165, 1.54) is 12.1 Å². The number of sulfonamides is 1. The minimum Gasteiger partial charge on any atom is -0.492 e. The molecule has 0 heterocycles. The first-order valence-corrected chi connectivity index (χ1v) is 7.84. The standard InChI is InChI=1S/C14H20N2O3S/c1-4-14(3,5-2)16-10-11-19-12-6-8-13(9-7-12)20(15,17)18/h1,6-9,16H,5,10-11H2,2-3H3,(H2,15,17,18)/t14-/m1/s1. The summed E-state index contributed by atoms with van der Waals surface area (Å²) in [4.78, 5) is 0.0638. The van der Waals surface area contributed by atoms with Gasteiger partial charge in [0.25, 0.3) is 0 Å². The Morgan fingerprint density at radius 2 is 2.00 bits per heavy atom. The zero-order chi connectivity index (χ0) is 15.2. The van der Waals surface area contributed by atoms with Gasteiger partial charge in [0.05, 0.1) is 10.4 Å². The number of benzene rings is 1. The molecule has 0 unspecified atom stereocenters. The molecule has 0 saturated heterocycles. The van der Waals surface area contributed by atoms with Crippen LogP contribution < -0.4 is 15.2 Å². The molecule has 0 spiro atoms. The van der Waals surface area contributed by atoms with Gasteiger partial charge in [0.2, 0.25) is 10.0 Å². The summed E-state index contributed by atoms with van der Waals surface area (Å²) < 4.78 is 27.7. The maximum absolute atomic E-state index is 11.1. The van der Waals surface area contributed by atoms with E-state index in [0.717, 1.165) is 6.42 Å². The van der Waals surface area contributed by atoms with Crippen LogP contribution in [0.1, 0.15) is 20.3 Å². The summed E-state index contributed by atoms with van der Waals surface area (Å²) in [6.07, 6.45) is 6.27. The van der Waals surface area contributed by atoms with Gasteiger partial charge in [-0.1, -0.05) is 12.8 Å². The first-order valence-electron chi connectivity index (χ1n) is 6.29. The SMILES string of the molecule is C#C[C@](C)(CC)NCCOc1ccc(S(N)(=O)=O)cc1. The molecule has 0 aromatic heterocycles. The third kappa shape index (κ3) is 4.85. The lowest BCUT2D eigenvalue weighted by Crippen LogP contribution is -2.42. The van der Waals surface area contributed by atoms with Crippen molar-refractivity contribution in [3.63, 3.8) is 0 Å². The van der Waals surface area contributed by atoms with Crippen LogP contribution in [0.4, 0.5) is 0 Å². The minimum atomic E-state index is -3.66. The highest BCUT2D eigenvalue weighted by molar-refractivity contribution is 7.89. The number of hydrogen-bond acceptors (Lipinski definition) is 4. The van der Waals surface area contributed by atoms with Crippen LogP contribution in [0.2, 0.25) is 0 Å². The van der Waals surface area contributed by atoms with E-state index in [4.69, 9.17) is 16.3 Å². The van der Waals surface area contributed by atoms with E-state index in [2.05, 4.69) is 11.2 Å². The van der Waals surface area contributed by atoms with E-state index in [1.54, 1.807) is 12.1 Å². The maximum atomic E-state index is 11.1. The third-order valence-electron chi connectivity index (χ3n) is 3.06. The van der Waals surface area contributed by atoms with Crippen molar-refractivity contribution in [1.82, 2.24) is 5.32 Å². The second kappa shape index (κ2) is 6.75. The van der Waals surface area contributed by atoms with E-state index >= 15 is 0 Å². The number of nitrogens with one attached hydrogen (secondary N) is 1. The predicted octanol–water partition coefficient (Wildman–Crippen LogP) is 1.10. The van der Waals surface area contributed by atoms with Crippen LogP contribution >= 0.6 is 0 Å². The van der Waals surface area contributed by atoms with Gasteiger partial charge in [-0.25, -0.2) is 13.6 Å². The molecule has 0 aliphatic carbocycles. The number of ether oxygens (including phenoxy) is 1. The maximum Gasteiger partial charge on any atom is 0.238 e. The molecule has 1 rings (SSSR count). The Morgan fingerprint density at radius 1 is 1.40 bits per heavy atom. The summed E-state index contributed by atoms with van der Waals surface area (Å²) in [6.45, 7) is 5.01. The average Bonchev–Trinajstić information content (AvgIpc) is 2.43. The topological polar surface area (TPSA) is 81.4 Å². The molecule has 1 atom stereocenters. The first-order chi connectivity index (χ1) is 9.30. The lowest BCUT2D eigenvalue weighted by molar-refractivity contribution is 0.294. The number of primary sulfonamides is 1. The Morgan fingerprint density at radius 3 is 2.45 bits per heavy atom. The summed E-state index contributed by atoms with van der Waals surface area (Å²) in [6, 6.07) is 5.96. The second-order valence-electron chi connectivity index (χ2n) is 4.62. The quantitative estimate of drug-likeness (QED) is 0.583. The summed E-state index contributed by atoms with van der Waals surface area (Å²) in [5.41, 5.74) is -0.332. The molecule has 6 heteroatoms. The van der Waals surface area contributed by atoms with Gasteiger partial charge in [-0.3, -0.25) is 5.32 Å². The lowest BCUT2D eigenvalue weighted by atomic mass is 10.0. The van der Waals surface area contributed by atoms with Crippen LogP contribution in [0.25, 0.3) is 0 Å². The molecule has 0 saturated carbocycles. The predicted molar refractivity (Wildman–Crippen MR) is 78.8 cm³/mol. The molecule has 0 amide bonds. The van der Waals surface area contributed by atoms with Crippen LogP contribution in [0.15, 0.2) is 29.2 Å². The molecule has 1 aromatic rings. The Kier molecular flexibility index (Phi) is 5.57. The van der Waals surface area contributed by atoms with Crippen molar-refractivity contribution in [3.05, 3.63) is 24.3 Å². The molecular formula is C14H20N2O3S. The van der Waals surface area contributed by atoms with Gasteiger partial charge in [0.15, 0.2) is 0 Å². The van der Waals surface area contributed by atoms with E-state index < -0.39 is 10.0 Å². The van der Waals surface area contributed by atoms with Gasteiger partial charge in [-0.15, -0.1) is 6.42 Å². The van der Waals surface area contributed by atoms with Gasteiger partial charge in [-0.2, -0.15) is 0 Å². The molecule has 0 fully saturated rings. The van der Waals surface area contributed by atoms with Crippen LogP contribution in [-0.4, -0.2) is 27.1 Å². The van der Waals surface area contributed by atoms with E-state index in [9.17, 15) is 8.42 Å². The molecule has 0 radical (unpaired) electrons. The fraction of sp³-hybridized carbons (Fsp3) is 0.429. The molecule has 1 aromatic carbocycles. The van der Waals surface area contributed by atoms with Crippen molar-refractivity contribution in [2.24, 2.45) is 5.14 Å². The monoisotopic (exact) mass is 296 g/mol. The molecule has 3 N–H and O–H groups in total. The summed E-state index contributed by atoms with van der Waals surface area (Å²) in [5.74, 6) is 3.29. The fourth-order valence-corrected chi connectivity index (χ4v) is 2.01. The highest BCUT2D eigenvalue weighted by Gasteiger charge is 2.16. The normalized spacial score (nSPS) is 14.3. The minimum absolute atomic E-state index is 0.0638. The number of hydrogen-bond donors (Lipinski definition) is 2. The van der Waals surface area contributed by atoms with Crippen molar-refractivity contribution in [1.29, 1.82) is 0 Å². The molecular weight excluding hydrogens is 276 g/mol. The molecule has 0 aliphatic heterocycles. The Labute approximate surface area is 120 Å². The zero-order valence-electron chi connectivity index (χ0n) is 11.7. The summed E-state index contributed by atoms with van der Waals surface area (Å²) in [7, 11) is -3.66. The number of rotatable bonds is 7. The lowest BCUT2D eigenvalue weighted by Gasteiger charge is -2.23.